The average molecular weight is 225 g/mol. The molecule has 1 heterocycles. The van der Waals surface area contributed by atoms with E-state index in [0.717, 1.165) is 43.9 Å². The molecule has 1 saturated heterocycles. The molecule has 2 N–H and O–H groups in total. The first kappa shape index (κ1) is 13.3. The van der Waals surface area contributed by atoms with Crippen LogP contribution in [0.1, 0.15) is 46.5 Å². The van der Waals surface area contributed by atoms with E-state index in [9.17, 15) is 0 Å². The Hall–Kier alpha value is -0.730. The molecule has 0 saturated carbocycles. The Kier molecular flexibility index (Phi) is 5.64. The van der Waals surface area contributed by atoms with Gasteiger partial charge in [0.25, 0.3) is 0 Å². The van der Waals surface area contributed by atoms with Gasteiger partial charge in [-0.3, -0.25) is 4.99 Å². The summed E-state index contributed by atoms with van der Waals surface area (Å²) in [7, 11) is 0. The summed E-state index contributed by atoms with van der Waals surface area (Å²) < 4.78 is 0. The highest BCUT2D eigenvalue weighted by atomic mass is 15.3. The summed E-state index contributed by atoms with van der Waals surface area (Å²) in [6, 6.07) is 0. The van der Waals surface area contributed by atoms with Crippen LogP contribution in [0.15, 0.2) is 4.99 Å². The molecule has 3 nitrogen and oxygen atoms in total. The Labute approximate surface area is 100 Å². The molecule has 3 heteroatoms. The second-order valence-corrected chi connectivity index (χ2v) is 5.45. The molecule has 0 radical (unpaired) electrons. The van der Waals surface area contributed by atoms with Gasteiger partial charge in [0, 0.05) is 19.6 Å². The molecule has 0 aromatic carbocycles. The number of guanidine groups is 1. The lowest BCUT2D eigenvalue weighted by atomic mass is 10.00. The minimum atomic E-state index is 0.760. The Morgan fingerprint density at radius 3 is 2.56 bits per heavy atom. The molecule has 0 unspecified atom stereocenters. The average Bonchev–Trinajstić information content (AvgIpc) is 2.25. The molecule has 16 heavy (non-hydrogen) atoms. The molecule has 1 aliphatic heterocycles. The number of nitrogens with two attached hydrogens (primary N) is 1. The fraction of sp³-hybridized carbons (Fsp3) is 0.923. The highest BCUT2D eigenvalue weighted by Gasteiger charge is 2.16. The summed E-state index contributed by atoms with van der Waals surface area (Å²) in [5, 5.41) is 0. The molecule has 0 aromatic heterocycles. The van der Waals surface area contributed by atoms with Crippen LogP contribution in [-0.2, 0) is 0 Å². The summed E-state index contributed by atoms with van der Waals surface area (Å²) in [5.41, 5.74) is 5.99. The Morgan fingerprint density at radius 1 is 1.38 bits per heavy atom. The summed E-state index contributed by atoms with van der Waals surface area (Å²) in [4.78, 5) is 6.70. The van der Waals surface area contributed by atoms with Crippen molar-refractivity contribution in [1.82, 2.24) is 4.90 Å². The fourth-order valence-electron chi connectivity index (χ4n) is 2.03. The fourth-order valence-corrected chi connectivity index (χ4v) is 2.03. The van der Waals surface area contributed by atoms with E-state index in [1.54, 1.807) is 0 Å². The van der Waals surface area contributed by atoms with E-state index in [2.05, 4.69) is 30.7 Å². The Morgan fingerprint density at radius 2 is 2.00 bits per heavy atom. The molecule has 0 aromatic rings. The van der Waals surface area contributed by atoms with Crippen LogP contribution < -0.4 is 5.73 Å². The van der Waals surface area contributed by atoms with Gasteiger partial charge < -0.3 is 10.6 Å². The lowest BCUT2D eigenvalue weighted by molar-refractivity contribution is 0.277. The van der Waals surface area contributed by atoms with E-state index >= 15 is 0 Å². The van der Waals surface area contributed by atoms with Crippen LogP contribution in [-0.4, -0.2) is 30.5 Å². The van der Waals surface area contributed by atoms with Crippen LogP contribution in [0.2, 0.25) is 0 Å². The summed E-state index contributed by atoms with van der Waals surface area (Å²) >= 11 is 0. The molecule has 0 bridgehead atoms. The third-order valence-electron chi connectivity index (χ3n) is 3.32. The second kappa shape index (κ2) is 6.77. The second-order valence-electron chi connectivity index (χ2n) is 5.45. The topological polar surface area (TPSA) is 41.6 Å². The Balaban J connectivity index is 2.22. The van der Waals surface area contributed by atoms with Crippen molar-refractivity contribution in [3.8, 4) is 0 Å². The summed E-state index contributed by atoms with van der Waals surface area (Å²) in [6.45, 7) is 9.86. The number of hydrogen-bond donors (Lipinski definition) is 1. The number of likely N-dealkylation sites (tertiary alicyclic amines) is 1. The lowest BCUT2D eigenvalue weighted by Gasteiger charge is -2.31. The molecule has 1 aliphatic rings. The van der Waals surface area contributed by atoms with Gasteiger partial charge in [-0.1, -0.05) is 20.8 Å². The highest BCUT2D eigenvalue weighted by molar-refractivity contribution is 5.78. The minimum Gasteiger partial charge on any atom is -0.370 e. The van der Waals surface area contributed by atoms with Crippen molar-refractivity contribution in [2.45, 2.75) is 46.5 Å². The van der Waals surface area contributed by atoms with Crippen molar-refractivity contribution in [1.29, 1.82) is 0 Å². The zero-order valence-corrected chi connectivity index (χ0v) is 11.1. The van der Waals surface area contributed by atoms with E-state index in [0.29, 0.717) is 0 Å². The van der Waals surface area contributed by atoms with Gasteiger partial charge in [0.15, 0.2) is 5.96 Å². The van der Waals surface area contributed by atoms with Crippen LogP contribution in [0.3, 0.4) is 0 Å². The largest absolute Gasteiger partial charge is 0.370 e. The maximum absolute atomic E-state index is 5.99. The van der Waals surface area contributed by atoms with E-state index in [4.69, 9.17) is 5.73 Å². The molecule has 94 valence electrons. The summed E-state index contributed by atoms with van der Waals surface area (Å²) in [6.07, 6.45) is 4.90. The molecule has 1 fully saturated rings. The van der Waals surface area contributed by atoms with E-state index in [1.807, 2.05) is 0 Å². The van der Waals surface area contributed by atoms with Crippen LogP contribution in [0.4, 0.5) is 0 Å². The molecular formula is C13H27N3. The third kappa shape index (κ3) is 4.86. The van der Waals surface area contributed by atoms with Gasteiger partial charge in [-0.05, 0) is 37.5 Å². The van der Waals surface area contributed by atoms with Gasteiger partial charge in [0.2, 0.25) is 0 Å². The van der Waals surface area contributed by atoms with Gasteiger partial charge in [-0.2, -0.15) is 0 Å². The Bertz CT molecular complexity index is 215. The molecule has 0 amide bonds. The van der Waals surface area contributed by atoms with Gasteiger partial charge >= 0.3 is 0 Å². The van der Waals surface area contributed by atoms with E-state index < -0.39 is 0 Å². The van der Waals surface area contributed by atoms with Crippen molar-refractivity contribution < 1.29 is 0 Å². The lowest BCUT2D eigenvalue weighted by Crippen LogP contribution is -2.42. The third-order valence-corrected chi connectivity index (χ3v) is 3.32. The standard InChI is InChI=1S/C13H27N3/c1-11(2)5-4-8-15-13(14)16-9-6-12(3)7-10-16/h11-12H,4-10H2,1-3H3,(H2,14,15). The quantitative estimate of drug-likeness (QED) is 0.454. The van der Waals surface area contributed by atoms with E-state index in [-0.39, 0.29) is 0 Å². The van der Waals surface area contributed by atoms with Gasteiger partial charge in [-0.15, -0.1) is 0 Å². The first-order valence-corrected chi connectivity index (χ1v) is 6.64. The number of hydrogen-bond acceptors (Lipinski definition) is 1. The molecular weight excluding hydrogens is 198 g/mol. The maximum atomic E-state index is 5.99. The zero-order chi connectivity index (χ0) is 12.0. The molecule has 0 spiro atoms. The van der Waals surface area contributed by atoms with Gasteiger partial charge in [0.05, 0.1) is 0 Å². The van der Waals surface area contributed by atoms with Crippen molar-refractivity contribution >= 4 is 5.96 Å². The normalized spacial score (nSPS) is 19.5. The zero-order valence-electron chi connectivity index (χ0n) is 11.1. The van der Waals surface area contributed by atoms with Crippen LogP contribution in [0, 0.1) is 11.8 Å². The van der Waals surface area contributed by atoms with Crippen LogP contribution >= 0.6 is 0 Å². The number of rotatable bonds is 4. The predicted molar refractivity (Wildman–Crippen MR) is 70.5 cm³/mol. The minimum absolute atomic E-state index is 0.760. The number of piperidine rings is 1. The monoisotopic (exact) mass is 225 g/mol. The predicted octanol–water partition coefficient (Wildman–Crippen LogP) is 2.47. The summed E-state index contributed by atoms with van der Waals surface area (Å²) in [5.74, 6) is 2.38. The highest BCUT2D eigenvalue weighted by Crippen LogP contribution is 2.15. The molecule has 0 aliphatic carbocycles. The maximum Gasteiger partial charge on any atom is 0.191 e. The van der Waals surface area contributed by atoms with Crippen molar-refractivity contribution in [3.63, 3.8) is 0 Å². The van der Waals surface area contributed by atoms with E-state index in [1.165, 1.54) is 19.3 Å². The number of nitrogens with zero attached hydrogens (tertiary/aromatic N) is 2. The first-order chi connectivity index (χ1) is 7.59. The SMILES string of the molecule is CC(C)CCCN=C(N)N1CCC(C)CC1. The van der Waals surface area contributed by atoms with Gasteiger partial charge in [-0.25, -0.2) is 0 Å². The molecule has 0 atom stereocenters. The van der Waals surface area contributed by atoms with Crippen molar-refractivity contribution in [2.75, 3.05) is 19.6 Å². The van der Waals surface area contributed by atoms with Gasteiger partial charge in [0.1, 0.15) is 0 Å². The number of aliphatic imine (C=N–C) groups is 1. The first-order valence-electron chi connectivity index (χ1n) is 6.64. The van der Waals surface area contributed by atoms with Crippen LogP contribution in [0.5, 0.6) is 0 Å². The molecule has 1 rings (SSSR count). The van der Waals surface area contributed by atoms with Crippen LogP contribution in [0.25, 0.3) is 0 Å². The van der Waals surface area contributed by atoms with Crippen molar-refractivity contribution in [3.05, 3.63) is 0 Å². The smallest absolute Gasteiger partial charge is 0.191 e. The van der Waals surface area contributed by atoms with Crippen molar-refractivity contribution in [2.24, 2.45) is 22.6 Å².